The monoisotopic (exact) mass is 286 g/mol. The van der Waals surface area contributed by atoms with Gasteiger partial charge in [0.1, 0.15) is 0 Å². The maximum Gasteiger partial charge on any atom is 2.00 e. The Morgan fingerprint density at radius 2 is 1.20 bits per heavy atom. The van der Waals surface area contributed by atoms with Gasteiger partial charge in [-0.25, -0.2) is 0 Å². The van der Waals surface area contributed by atoms with Crippen molar-refractivity contribution in [2.24, 2.45) is 0 Å². The molecule has 24 valence electrons. The van der Waals surface area contributed by atoms with Gasteiger partial charge in [0.2, 0.25) is 0 Å². The Bertz CT molecular complexity index is 17.7. The van der Waals surface area contributed by atoms with Gasteiger partial charge >= 0.3 is 45.5 Å². The Hall–Kier alpha value is 3.98. The third-order valence-corrected chi connectivity index (χ3v) is 0. The smallest absolute Gasteiger partial charge is 1.00 e. The van der Waals surface area contributed by atoms with Crippen molar-refractivity contribution >= 4 is 73.8 Å². The molecule has 0 aliphatic carbocycles. The van der Waals surface area contributed by atoms with Crippen molar-refractivity contribution in [1.82, 2.24) is 0 Å². The summed E-state index contributed by atoms with van der Waals surface area (Å²) in [7, 11) is 0. The second kappa shape index (κ2) is 24.5. The summed E-state index contributed by atoms with van der Waals surface area (Å²) >= 11 is 0. The minimum Gasteiger partial charge on any atom is -1.00 e. The van der Waals surface area contributed by atoms with Crippen LogP contribution in [0.5, 0.6) is 0 Å². The molecule has 0 saturated heterocycles. The molecule has 0 rings (SSSR count). The van der Waals surface area contributed by atoms with Crippen LogP contribution in [-0.4, -0.2) is 73.8 Å². The van der Waals surface area contributed by atoms with Crippen molar-refractivity contribution in [2.75, 3.05) is 0 Å². The predicted octanol–water partition coefficient (Wildman–Crippen LogP) is -2.53. The van der Waals surface area contributed by atoms with E-state index in [2.05, 4.69) is 0 Å². The van der Waals surface area contributed by atoms with E-state index in [-0.39, 0.29) is 129 Å². The van der Waals surface area contributed by atoms with Crippen molar-refractivity contribution in [3.63, 3.8) is 0 Å². The Labute approximate surface area is 126 Å². The van der Waals surface area contributed by atoms with Crippen LogP contribution in [0.1, 0.15) is 2.85 Å². The molecule has 0 nitrogen and oxygen atoms in total. The third-order valence-electron chi connectivity index (χ3n) is 0. The van der Waals surface area contributed by atoms with Gasteiger partial charge in [-0.15, -0.1) is 0 Å². The Kier molecular flexibility index (Phi) is 177. The minimum atomic E-state index is 0. The minimum absolute atomic E-state index is 0. The van der Waals surface area contributed by atoms with Gasteiger partial charge in [-0.05, 0) is 11.0 Å². The molecule has 0 amide bonds. The van der Waals surface area contributed by atoms with Crippen molar-refractivity contribution in [1.29, 1.82) is 0 Å². The molecular formula is H8AlScSiSrZr. The molecule has 0 spiro atoms. The topological polar surface area (TPSA) is 0 Å². The van der Waals surface area contributed by atoms with Gasteiger partial charge in [0.25, 0.3) is 0 Å². The molecule has 0 aliphatic heterocycles. The standard InChI is InChI=1S/Al.Sc.H3Si.Sr.Zr.5H/h;;1H3;;;;;;;/q;;;+2;;;;;2*-1. The fourth-order valence-corrected chi connectivity index (χ4v) is 0. The average molecular weight is 287 g/mol. The largest absolute Gasteiger partial charge is 2.00 e. The van der Waals surface area contributed by atoms with E-state index in [1.165, 1.54) is 0 Å². The first-order valence-electron chi connectivity index (χ1n) is 0. The van der Waals surface area contributed by atoms with Crippen molar-refractivity contribution < 1.29 is 54.9 Å². The summed E-state index contributed by atoms with van der Waals surface area (Å²) in [5, 5.41) is 0. The summed E-state index contributed by atoms with van der Waals surface area (Å²) in [6, 6.07) is 0. The van der Waals surface area contributed by atoms with Crippen LogP contribution >= 0.6 is 0 Å². The molecule has 0 bridgehead atoms. The normalized spacial score (nSPS) is 0. The van der Waals surface area contributed by atoms with E-state index in [1.54, 1.807) is 0 Å². The van der Waals surface area contributed by atoms with E-state index in [0.29, 0.717) is 0 Å². The third kappa shape index (κ3) is 18.0. The van der Waals surface area contributed by atoms with E-state index in [9.17, 15) is 0 Å². The molecule has 0 N–H and O–H groups in total. The van der Waals surface area contributed by atoms with E-state index >= 15 is 0 Å². The second-order valence-corrected chi connectivity index (χ2v) is 0. The van der Waals surface area contributed by atoms with E-state index in [1.807, 2.05) is 0 Å². The van der Waals surface area contributed by atoms with Gasteiger partial charge in [0, 0.05) is 52.0 Å². The number of hydrogen-bond acceptors (Lipinski definition) is 0. The summed E-state index contributed by atoms with van der Waals surface area (Å²) in [6.45, 7) is 0. The molecule has 5 heteroatoms. The van der Waals surface area contributed by atoms with Crippen LogP contribution in [0.2, 0.25) is 0 Å². The van der Waals surface area contributed by atoms with Gasteiger partial charge in [0.05, 0.1) is 0 Å². The fraction of sp³-hybridized carbons (Fsp3) is 0. The molecule has 2 radical (unpaired) electrons. The zero-order chi connectivity index (χ0) is 0. The summed E-state index contributed by atoms with van der Waals surface area (Å²) in [4.78, 5) is 0. The second-order valence-electron chi connectivity index (χ2n) is 0. The molecule has 0 aliphatic rings. The molecule has 0 fully saturated rings. The SMILES string of the molecule is [AlH3].[H-].[H-].[Sc].[SiH3].[Sr+2].[Zr]. The van der Waals surface area contributed by atoms with Gasteiger partial charge in [0.15, 0.2) is 17.4 Å². The van der Waals surface area contributed by atoms with Gasteiger partial charge in [-0.2, -0.15) is 0 Å². The summed E-state index contributed by atoms with van der Waals surface area (Å²) in [5.41, 5.74) is 0. The number of hydrogen-bond donors (Lipinski definition) is 0. The van der Waals surface area contributed by atoms with Crippen LogP contribution in [-0.2, 0) is 52.0 Å². The summed E-state index contributed by atoms with van der Waals surface area (Å²) in [6.07, 6.45) is 0. The zero-order valence-corrected chi connectivity index (χ0v) is 12.5. The predicted molar refractivity (Wildman–Crippen MR) is 27.9 cm³/mol. The molecule has 0 aromatic heterocycles. The maximum absolute atomic E-state index is 0. The number of rotatable bonds is 0. The van der Waals surface area contributed by atoms with Gasteiger partial charge in [-0.3, -0.25) is 0 Å². The molecule has 0 aromatic carbocycles. The first kappa shape index (κ1) is 36.1. The molecule has 5 heavy (non-hydrogen) atoms. The van der Waals surface area contributed by atoms with Gasteiger partial charge < -0.3 is 2.85 Å². The first-order chi connectivity index (χ1) is 0. The van der Waals surface area contributed by atoms with Crippen LogP contribution in [0.25, 0.3) is 0 Å². The zero-order valence-electron chi connectivity index (χ0n) is 4.78. The van der Waals surface area contributed by atoms with Crippen molar-refractivity contribution in [2.45, 2.75) is 0 Å². The summed E-state index contributed by atoms with van der Waals surface area (Å²) in [5.74, 6) is 0. The molecular weight excluding hydrogens is 279 g/mol. The molecule has 0 saturated carbocycles. The van der Waals surface area contributed by atoms with E-state index in [4.69, 9.17) is 0 Å². The van der Waals surface area contributed by atoms with Crippen molar-refractivity contribution in [3.05, 3.63) is 0 Å². The molecule has 0 heterocycles. The van der Waals surface area contributed by atoms with E-state index in [0.717, 1.165) is 0 Å². The van der Waals surface area contributed by atoms with Crippen LogP contribution in [0, 0.1) is 0 Å². The molecule has 0 atom stereocenters. The van der Waals surface area contributed by atoms with Crippen LogP contribution in [0.3, 0.4) is 0 Å². The first-order valence-corrected chi connectivity index (χ1v) is 0. The Morgan fingerprint density at radius 1 is 1.20 bits per heavy atom. The molecule has 0 unspecified atom stereocenters. The van der Waals surface area contributed by atoms with Crippen molar-refractivity contribution in [3.8, 4) is 0 Å². The van der Waals surface area contributed by atoms with Gasteiger partial charge in [-0.1, -0.05) is 0 Å². The Balaban J connectivity index is 0. The fourth-order valence-electron chi connectivity index (χ4n) is 0. The van der Waals surface area contributed by atoms with Crippen LogP contribution in [0.15, 0.2) is 0 Å². The summed E-state index contributed by atoms with van der Waals surface area (Å²) < 4.78 is 0. The Morgan fingerprint density at radius 3 is 1.20 bits per heavy atom. The van der Waals surface area contributed by atoms with E-state index < -0.39 is 0 Å². The quantitative estimate of drug-likeness (QED) is 0.431. The molecule has 0 aromatic rings. The average Bonchev–Trinajstić information content (AvgIpc) is 0. The van der Waals surface area contributed by atoms with Crippen LogP contribution < -0.4 is 0 Å². The maximum atomic E-state index is 0. The van der Waals surface area contributed by atoms with Crippen LogP contribution in [0.4, 0.5) is 0 Å².